The van der Waals surface area contributed by atoms with Crippen LogP contribution in [-0.4, -0.2) is 18.4 Å². The molecule has 1 aromatic rings. The zero-order valence-corrected chi connectivity index (χ0v) is 14.1. The summed E-state index contributed by atoms with van der Waals surface area (Å²) < 4.78 is 0.945. The molecule has 0 aromatic heterocycles. The second-order valence-corrected chi connectivity index (χ2v) is 6.36. The van der Waals surface area contributed by atoms with Gasteiger partial charge in [0.15, 0.2) is 0 Å². The molecule has 0 heterocycles. The Morgan fingerprint density at radius 1 is 1.09 bits per heavy atom. The van der Waals surface area contributed by atoms with Gasteiger partial charge in [0.2, 0.25) is 11.8 Å². The minimum absolute atomic E-state index is 0.144. The zero-order chi connectivity index (χ0) is 15.8. The summed E-state index contributed by atoms with van der Waals surface area (Å²) in [5, 5.41) is 5.52. The van der Waals surface area contributed by atoms with E-state index in [1.807, 2.05) is 12.1 Å². The van der Waals surface area contributed by atoms with Gasteiger partial charge in [-0.2, -0.15) is 0 Å². The summed E-state index contributed by atoms with van der Waals surface area (Å²) in [6.07, 6.45) is 7.82. The molecule has 0 bridgehead atoms. The first kappa shape index (κ1) is 16.7. The van der Waals surface area contributed by atoms with Crippen LogP contribution in [0.1, 0.15) is 38.5 Å². The van der Waals surface area contributed by atoms with Crippen LogP contribution in [0.15, 0.2) is 40.4 Å². The van der Waals surface area contributed by atoms with Crippen molar-refractivity contribution < 1.29 is 9.59 Å². The van der Waals surface area contributed by atoms with Crippen molar-refractivity contribution in [1.82, 2.24) is 5.32 Å². The van der Waals surface area contributed by atoms with Gasteiger partial charge >= 0.3 is 0 Å². The molecule has 2 amide bonds. The summed E-state index contributed by atoms with van der Waals surface area (Å²) in [5.74, 6) is -0.525. The highest BCUT2D eigenvalue weighted by Gasteiger charge is 2.10. The van der Waals surface area contributed by atoms with E-state index in [0.717, 1.165) is 23.7 Å². The van der Waals surface area contributed by atoms with Gasteiger partial charge in [-0.1, -0.05) is 27.6 Å². The molecule has 0 radical (unpaired) electrons. The maximum Gasteiger partial charge on any atom is 0.233 e. The average molecular weight is 365 g/mol. The predicted molar refractivity (Wildman–Crippen MR) is 91.6 cm³/mol. The van der Waals surface area contributed by atoms with E-state index in [9.17, 15) is 9.59 Å². The van der Waals surface area contributed by atoms with Gasteiger partial charge in [0.25, 0.3) is 0 Å². The highest BCUT2D eigenvalue weighted by Crippen LogP contribution is 2.19. The largest absolute Gasteiger partial charge is 0.355 e. The van der Waals surface area contributed by atoms with Crippen LogP contribution in [0.3, 0.4) is 0 Å². The molecule has 1 aliphatic rings. The Labute approximate surface area is 139 Å². The normalized spacial score (nSPS) is 14.1. The average Bonchev–Trinajstić information content (AvgIpc) is 2.50. The van der Waals surface area contributed by atoms with Crippen LogP contribution < -0.4 is 10.6 Å². The van der Waals surface area contributed by atoms with Gasteiger partial charge in [-0.25, -0.2) is 0 Å². The molecule has 0 fully saturated rings. The summed E-state index contributed by atoms with van der Waals surface area (Å²) in [6.45, 7) is 0.607. The number of allylic oxidation sites excluding steroid dienone is 1. The first-order valence-corrected chi connectivity index (χ1v) is 8.43. The number of nitrogens with one attached hydrogen (secondary N) is 2. The summed E-state index contributed by atoms with van der Waals surface area (Å²) in [5.41, 5.74) is 2.11. The number of benzene rings is 1. The lowest BCUT2D eigenvalue weighted by atomic mass is 9.97. The number of hydrogen-bond donors (Lipinski definition) is 2. The number of rotatable bonds is 6. The minimum atomic E-state index is -0.295. The summed E-state index contributed by atoms with van der Waals surface area (Å²) in [6, 6.07) is 7.26. The van der Waals surface area contributed by atoms with Crippen LogP contribution >= 0.6 is 15.9 Å². The quantitative estimate of drug-likeness (QED) is 0.595. The molecule has 2 N–H and O–H groups in total. The zero-order valence-electron chi connectivity index (χ0n) is 12.5. The number of carbonyl (C=O) groups excluding carboxylic acids is 2. The van der Waals surface area contributed by atoms with Gasteiger partial charge < -0.3 is 10.6 Å². The van der Waals surface area contributed by atoms with E-state index in [1.54, 1.807) is 12.1 Å². The van der Waals surface area contributed by atoms with Crippen LogP contribution in [-0.2, 0) is 9.59 Å². The first-order chi connectivity index (χ1) is 10.6. The molecule has 0 aliphatic heterocycles. The number of hydrogen-bond acceptors (Lipinski definition) is 2. The molecule has 0 saturated carbocycles. The molecule has 1 aliphatic carbocycles. The second-order valence-electron chi connectivity index (χ2n) is 5.44. The van der Waals surface area contributed by atoms with Crippen LogP contribution in [0.25, 0.3) is 0 Å². The minimum Gasteiger partial charge on any atom is -0.355 e. The molecular formula is C17H21BrN2O2. The van der Waals surface area contributed by atoms with E-state index in [2.05, 4.69) is 32.6 Å². The van der Waals surface area contributed by atoms with Gasteiger partial charge in [-0.05, 0) is 56.4 Å². The SMILES string of the molecule is O=C(CC(=O)Nc1ccc(Br)cc1)NCCC1=CCCCC1. The fraction of sp³-hybridized carbons (Fsp3) is 0.412. The van der Waals surface area contributed by atoms with E-state index in [-0.39, 0.29) is 18.2 Å². The molecule has 0 spiro atoms. The highest BCUT2D eigenvalue weighted by atomic mass is 79.9. The van der Waals surface area contributed by atoms with E-state index in [4.69, 9.17) is 0 Å². The second kappa shape index (κ2) is 8.73. The number of amides is 2. The van der Waals surface area contributed by atoms with Crippen LogP contribution in [0.2, 0.25) is 0 Å². The third-order valence-electron chi connectivity index (χ3n) is 3.60. The molecule has 1 aromatic carbocycles. The van der Waals surface area contributed by atoms with E-state index in [0.29, 0.717) is 12.2 Å². The van der Waals surface area contributed by atoms with Gasteiger partial charge in [-0.15, -0.1) is 0 Å². The fourth-order valence-corrected chi connectivity index (χ4v) is 2.71. The van der Waals surface area contributed by atoms with Crippen molar-refractivity contribution in [3.05, 3.63) is 40.4 Å². The lowest BCUT2D eigenvalue weighted by molar-refractivity contribution is -0.126. The number of halogens is 1. The molecule has 2 rings (SSSR count). The molecule has 0 saturated heterocycles. The van der Waals surface area contributed by atoms with Crippen LogP contribution in [0.5, 0.6) is 0 Å². The monoisotopic (exact) mass is 364 g/mol. The third-order valence-corrected chi connectivity index (χ3v) is 4.13. The lowest BCUT2D eigenvalue weighted by Crippen LogP contribution is -2.29. The standard InChI is InChI=1S/C17H21BrN2O2/c18-14-6-8-15(9-7-14)20-17(22)12-16(21)19-11-10-13-4-2-1-3-5-13/h4,6-9H,1-3,5,10-12H2,(H,19,21)(H,20,22). The molecule has 22 heavy (non-hydrogen) atoms. The van der Waals surface area contributed by atoms with Crippen molar-refractivity contribution in [2.45, 2.75) is 38.5 Å². The molecule has 4 nitrogen and oxygen atoms in total. The Kier molecular flexibility index (Phi) is 6.65. The Morgan fingerprint density at radius 2 is 1.86 bits per heavy atom. The predicted octanol–water partition coefficient (Wildman–Crippen LogP) is 3.78. The highest BCUT2D eigenvalue weighted by molar-refractivity contribution is 9.10. The molecule has 118 valence electrons. The Bertz CT molecular complexity index is 552. The van der Waals surface area contributed by atoms with Crippen LogP contribution in [0.4, 0.5) is 5.69 Å². The van der Waals surface area contributed by atoms with Crippen molar-refractivity contribution >= 4 is 33.4 Å². The fourth-order valence-electron chi connectivity index (χ4n) is 2.44. The van der Waals surface area contributed by atoms with Gasteiger partial charge in [-0.3, -0.25) is 9.59 Å². The van der Waals surface area contributed by atoms with Gasteiger partial charge in [0.05, 0.1) is 0 Å². The van der Waals surface area contributed by atoms with Gasteiger partial charge in [0.1, 0.15) is 6.42 Å². The Balaban J connectivity index is 1.66. The summed E-state index contributed by atoms with van der Waals surface area (Å²) >= 11 is 3.33. The van der Waals surface area contributed by atoms with Gasteiger partial charge in [0, 0.05) is 16.7 Å². The maximum atomic E-state index is 11.8. The maximum absolute atomic E-state index is 11.8. The van der Waals surface area contributed by atoms with E-state index >= 15 is 0 Å². The summed E-state index contributed by atoms with van der Waals surface area (Å²) in [4.78, 5) is 23.5. The van der Waals surface area contributed by atoms with E-state index < -0.39 is 0 Å². The molecule has 5 heteroatoms. The third kappa shape index (κ3) is 6.02. The number of carbonyl (C=O) groups is 2. The Morgan fingerprint density at radius 3 is 2.55 bits per heavy atom. The van der Waals surface area contributed by atoms with Crippen molar-refractivity contribution in [3.63, 3.8) is 0 Å². The Hall–Kier alpha value is -1.62. The van der Waals surface area contributed by atoms with Crippen LogP contribution in [0, 0.1) is 0 Å². The summed E-state index contributed by atoms with van der Waals surface area (Å²) in [7, 11) is 0. The molecule has 0 atom stereocenters. The smallest absolute Gasteiger partial charge is 0.233 e. The first-order valence-electron chi connectivity index (χ1n) is 7.63. The van der Waals surface area contributed by atoms with Crippen molar-refractivity contribution in [2.24, 2.45) is 0 Å². The molecule has 0 unspecified atom stereocenters. The topological polar surface area (TPSA) is 58.2 Å². The van der Waals surface area contributed by atoms with Crippen molar-refractivity contribution in [3.8, 4) is 0 Å². The molecular weight excluding hydrogens is 344 g/mol. The van der Waals surface area contributed by atoms with Crippen molar-refractivity contribution in [1.29, 1.82) is 0 Å². The number of anilines is 1. The van der Waals surface area contributed by atoms with E-state index in [1.165, 1.54) is 18.4 Å². The lowest BCUT2D eigenvalue weighted by Gasteiger charge is -2.13. The van der Waals surface area contributed by atoms with Crippen molar-refractivity contribution in [2.75, 3.05) is 11.9 Å².